The van der Waals surface area contributed by atoms with Crippen LogP contribution in [-0.4, -0.2) is 18.2 Å². The first-order chi connectivity index (χ1) is 7.81. The second-order valence-corrected chi connectivity index (χ2v) is 4.72. The number of phenols is 1. The monoisotopic (exact) mass is 219 g/mol. The summed E-state index contributed by atoms with van der Waals surface area (Å²) in [4.78, 5) is 0. The molecular formula is C14H21NO. The predicted octanol–water partition coefficient (Wildman–Crippen LogP) is 2.89. The van der Waals surface area contributed by atoms with Gasteiger partial charge in [-0.3, -0.25) is 0 Å². The SMILES string of the molecule is CCC(c1cccc(O)c1)C1CCCNC1. The fourth-order valence-corrected chi connectivity index (χ4v) is 2.82. The molecule has 0 spiro atoms. The van der Waals surface area contributed by atoms with E-state index in [9.17, 15) is 5.11 Å². The quantitative estimate of drug-likeness (QED) is 0.819. The molecule has 2 atom stereocenters. The van der Waals surface area contributed by atoms with Crippen molar-refractivity contribution < 1.29 is 5.11 Å². The molecule has 2 heteroatoms. The molecule has 1 aliphatic rings. The Bertz CT molecular complexity index is 331. The van der Waals surface area contributed by atoms with Gasteiger partial charge in [-0.15, -0.1) is 0 Å². The molecule has 0 aliphatic carbocycles. The highest BCUT2D eigenvalue weighted by molar-refractivity contribution is 5.30. The van der Waals surface area contributed by atoms with Gasteiger partial charge in [0.15, 0.2) is 0 Å². The minimum absolute atomic E-state index is 0.389. The summed E-state index contributed by atoms with van der Waals surface area (Å²) in [6, 6.07) is 7.75. The van der Waals surface area contributed by atoms with Crippen LogP contribution in [0.25, 0.3) is 0 Å². The minimum Gasteiger partial charge on any atom is -0.508 e. The van der Waals surface area contributed by atoms with Gasteiger partial charge in [-0.1, -0.05) is 19.1 Å². The molecule has 0 aromatic heterocycles. The molecule has 1 saturated heterocycles. The molecule has 1 aromatic rings. The first-order valence-electron chi connectivity index (χ1n) is 6.31. The topological polar surface area (TPSA) is 32.3 Å². The fourth-order valence-electron chi connectivity index (χ4n) is 2.82. The van der Waals surface area contributed by atoms with Gasteiger partial charge in [0.05, 0.1) is 0 Å². The van der Waals surface area contributed by atoms with Crippen molar-refractivity contribution in [2.24, 2.45) is 5.92 Å². The van der Waals surface area contributed by atoms with Gasteiger partial charge >= 0.3 is 0 Å². The third-order valence-corrected chi connectivity index (χ3v) is 3.64. The van der Waals surface area contributed by atoms with E-state index in [1.54, 1.807) is 6.07 Å². The molecule has 1 aromatic carbocycles. The molecule has 16 heavy (non-hydrogen) atoms. The summed E-state index contributed by atoms with van der Waals surface area (Å²) in [6.07, 6.45) is 3.73. The number of nitrogens with one attached hydrogen (secondary N) is 1. The van der Waals surface area contributed by atoms with E-state index in [0.717, 1.165) is 25.4 Å². The van der Waals surface area contributed by atoms with Crippen molar-refractivity contribution in [2.75, 3.05) is 13.1 Å². The fraction of sp³-hybridized carbons (Fsp3) is 0.571. The average molecular weight is 219 g/mol. The zero-order valence-electron chi connectivity index (χ0n) is 9.95. The normalized spacial score (nSPS) is 22.9. The van der Waals surface area contributed by atoms with Crippen LogP contribution in [-0.2, 0) is 0 Å². The van der Waals surface area contributed by atoms with Crippen LogP contribution in [0, 0.1) is 5.92 Å². The summed E-state index contributed by atoms with van der Waals surface area (Å²) in [7, 11) is 0. The Balaban J connectivity index is 2.14. The van der Waals surface area contributed by atoms with Crippen LogP contribution in [0.2, 0.25) is 0 Å². The van der Waals surface area contributed by atoms with E-state index in [-0.39, 0.29) is 0 Å². The van der Waals surface area contributed by atoms with Gasteiger partial charge < -0.3 is 10.4 Å². The maximum absolute atomic E-state index is 9.54. The summed E-state index contributed by atoms with van der Waals surface area (Å²) in [6.45, 7) is 4.52. The number of hydrogen-bond acceptors (Lipinski definition) is 2. The number of rotatable bonds is 3. The third kappa shape index (κ3) is 2.56. The van der Waals surface area contributed by atoms with Gasteiger partial charge in [0, 0.05) is 0 Å². The van der Waals surface area contributed by atoms with Crippen LogP contribution in [0.1, 0.15) is 37.7 Å². The molecule has 0 saturated carbocycles. The largest absolute Gasteiger partial charge is 0.508 e. The highest BCUT2D eigenvalue weighted by Crippen LogP contribution is 2.33. The van der Waals surface area contributed by atoms with Crippen LogP contribution < -0.4 is 5.32 Å². The Morgan fingerprint density at radius 3 is 3.00 bits per heavy atom. The van der Waals surface area contributed by atoms with E-state index >= 15 is 0 Å². The number of piperidine rings is 1. The van der Waals surface area contributed by atoms with E-state index in [1.165, 1.54) is 18.4 Å². The summed E-state index contributed by atoms with van der Waals surface area (Å²) < 4.78 is 0. The number of phenolic OH excluding ortho intramolecular Hbond substituents is 1. The Morgan fingerprint density at radius 1 is 1.50 bits per heavy atom. The van der Waals surface area contributed by atoms with Crippen molar-refractivity contribution in [1.29, 1.82) is 0 Å². The maximum Gasteiger partial charge on any atom is 0.115 e. The highest BCUT2D eigenvalue weighted by Gasteiger charge is 2.23. The minimum atomic E-state index is 0.389. The van der Waals surface area contributed by atoms with E-state index < -0.39 is 0 Å². The van der Waals surface area contributed by atoms with Crippen molar-refractivity contribution >= 4 is 0 Å². The van der Waals surface area contributed by atoms with Gasteiger partial charge in [-0.25, -0.2) is 0 Å². The van der Waals surface area contributed by atoms with Crippen LogP contribution in [0.15, 0.2) is 24.3 Å². The molecule has 0 radical (unpaired) electrons. The zero-order valence-corrected chi connectivity index (χ0v) is 9.95. The summed E-state index contributed by atoms with van der Waals surface area (Å²) in [5, 5.41) is 13.0. The van der Waals surface area contributed by atoms with Gasteiger partial charge in [0.1, 0.15) is 5.75 Å². The summed E-state index contributed by atoms with van der Waals surface area (Å²) >= 11 is 0. The van der Waals surface area contributed by atoms with E-state index in [0.29, 0.717) is 11.7 Å². The summed E-state index contributed by atoms with van der Waals surface area (Å²) in [5.41, 5.74) is 1.29. The van der Waals surface area contributed by atoms with Crippen molar-refractivity contribution in [1.82, 2.24) is 5.32 Å². The number of aromatic hydroxyl groups is 1. The van der Waals surface area contributed by atoms with Crippen molar-refractivity contribution in [2.45, 2.75) is 32.1 Å². The zero-order chi connectivity index (χ0) is 11.4. The highest BCUT2D eigenvalue weighted by atomic mass is 16.3. The third-order valence-electron chi connectivity index (χ3n) is 3.64. The lowest BCUT2D eigenvalue weighted by molar-refractivity contribution is 0.316. The molecule has 2 unspecified atom stereocenters. The van der Waals surface area contributed by atoms with Crippen molar-refractivity contribution in [3.05, 3.63) is 29.8 Å². The van der Waals surface area contributed by atoms with E-state index in [4.69, 9.17) is 0 Å². The van der Waals surface area contributed by atoms with Crippen molar-refractivity contribution in [3.63, 3.8) is 0 Å². The first kappa shape index (κ1) is 11.5. The molecule has 2 nitrogen and oxygen atoms in total. The molecule has 2 N–H and O–H groups in total. The van der Waals surface area contributed by atoms with Crippen molar-refractivity contribution in [3.8, 4) is 5.75 Å². The second kappa shape index (κ2) is 5.35. The lowest BCUT2D eigenvalue weighted by Crippen LogP contribution is -2.33. The number of hydrogen-bond donors (Lipinski definition) is 2. The average Bonchev–Trinajstić information content (AvgIpc) is 2.31. The molecule has 1 fully saturated rings. The van der Waals surface area contributed by atoms with Gasteiger partial charge in [0.2, 0.25) is 0 Å². The molecule has 0 amide bonds. The molecule has 0 bridgehead atoms. The van der Waals surface area contributed by atoms with Crippen LogP contribution in [0.4, 0.5) is 0 Å². The van der Waals surface area contributed by atoms with Crippen LogP contribution in [0.5, 0.6) is 5.75 Å². The van der Waals surface area contributed by atoms with Crippen LogP contribution in [0.3, 0.4) is 0 Å². The Kier molecular flexibility index (Phi) is 3.83. The Hall–Kier alpha value is -1.02. The van der Waals surface area contributed by atoms with Crippen LogP contribution >= 0.6 is 0 Å². The molecular weight excluding hydrogens is 198 g/mol. The van der Waals surface area contributed by atoms with E-state index in [2.05, 4.69) is 18.3 Å². The standard InChI is InChI=1S/C14H21NO/c1-2-14(12-6-4-8-15-10-12)11-5-3-7-13(16)9-11/h3,5,7,9,12,14-16H,2,4,6,8,10H2,1H3. The Labute approximate surface area is 97.7 Å². The first-order valence-corrected chi connectivity index (χ1v) is 6.31. The summed E-state index contributed by atoms with van der Waals surface area (Å²) in [5.74, 6) is 1.69. The second-order valence-electron chi connectivity index (χ2n) is 4.72. The number of benzene rings is 1. The van der Waals surface area contributed by atoms with Gasteiger partial charge in [-0.05, 0) is 61.9 Å². The molecule has 88 valence electrons. The predicted molar refractivity (Wildman–Crippen MR) is 66.7 cm³/mol. The maximum atomic E-state index is 9.54. The molecule has 1 heterocycles. The molecule has 1 aliphatic heterocycles. The lowest BCUT2D eigenvalue weighted by Gasteiger charge is -2.30. The van der Waals surface area contributed by atoms with Gasteiger partial charge in [0.25, 0.3) is 0 Å². The molecule has 2 rings (SSSR count). The lowest BCUT2D eigenvalue weighted by atomic mass is 9.80. The smallest absolute Gasteiger partial charge is 0.115 e. The van der Waals surface area contributed by atoms with Gasteiger partial charge in [-0.2, -0.15) is 0 Å². The van der Waals surface area contributed by atoms with E-state index in [1.807, 2.05) is 12.1 Å². The Morgan fingerprint density at radius 2 is 2.38 bits per heavy atom.